The van der Waals surface area contributed by atoms with Crippen molar-refractivity contribution in [2.75, 3.05) is 0 Å². The topological polar surface area (TPSA) is 0 Å². The SMILES string of the molecule is [Cl-].[Cl-].[Pd].[Pd].c1ccc(P(c2ccccc2)c2ccccc2)cc1.c1ccc(P(c2ccccc2)c2ccccc2)cc1. The minimum absolute atomic E-state index is 0. The van der Waals surface area contributed by atoms with Gasteiger partial charge in [0.15, 0.2) is 0 Å². The van der Waals surface area contributed by atoms with E-state index in [2.05, 4.69) is 182 Å². The van der Waals surface area contributed by atoms with Gasteiger partial charge in [-0.1, -0.05) is 182 Å². The first kappa shape index (κ1) is 38.1. The molecule has 0 N–H and O–H groups in total. The van der Waals surface area contributed by atoms with Crippen molar-refractivity contribution in [3.63, 3.8) is 0 Å². The molecule has 0 aliphatic carbocycles. The van der Waals surface area contributed by atoms with Gasteiger partial charge in [0, 0.05) is 40.8 Å². The second-order valence-electron chi connectivity index (χ2n) is 8.68. The molecule has 6 rings (SSSR count). The van der Waals surface area contributed by atoms with Gasteiger partial charge in [-0.3, -0.25) is 0 Å². The summed E-state index contributed by atoms with van der Waals surface area (Å²) in [6.07, 6.45) is 0. The largest absolute Gasteiger partial charge is 1.00 e. The van der Waals surface area contributed by atoms with Crippen molar-refractivity contribution in [1.29, 1.82) is 0 Å². The molecule has 220 valence electrons. The van der Waals surface area contributed by atoms with E-state index in [1.807, 2.05) is 0 Å². The van der Waals surface area contributed by atoms with Crippen LogP contribution in [0.25, 0.3) is 0 Å². The monoisotopic (exact) mass is 806 g/mol. The van der Waals surface area contributed by atoms with Crippen molar-refractivity contribution in [2.45, 2.75) is 0 Å². The predicted molar refractivity (Wildman–Crippen MR) is 170 cm³/mol. The van der Waals surface area contributed by atoms with Crippen molar-refractivity contribution < 1.29 is 65.7 Å². The van der Waals surface area contributed by atoms with E-state index in [1.54, 1.807) is 0 Å². The zero-order valence-electron chi connectivity index (χ0n) is 22.6. The van der Waals surface area contributed by atoms with Crippen LogP contribution in [0.15, 0.2) is 182 Å². The Morgan fingerprint density at radius 1 is 0.214 bits per heavy atom. The summed E-state index contributed by atoms with van der Waals surface area (Å²) in [7, 11) is -0.892. The fourth-order valence-corrected chi connectivity index (χ4v) is 8.97. The summed E-state index contributed by atoms with van der Waals surface area (Å²) in [5.74, 6) is 0. The Hall–Kier alpha value is -1.92. The number of rotatable bonds is 6. The molecule has 6 aromatic rings. The number of hydrogen-bond acceptors (Lipinski definition) is 0. The van der Waals surface area contributed by atoms with Crippen LogP contribution in [-0.4, -0.2) is 0 Å². The van der Waals surface area contributed by atoms with E-state index in [9.17, 15) is 0 Å². The zero-order valence-corrected chi connectivity index (χ0v) is 29.0. The first-order valence-electron chi connectivity index (χ1n) is 12.8. The summed E-state index contributed by atoms with van der Waals surface area (Å²) in [6.45, 7) is 0. The van der Waals surface area contributed by atoms with Gasteiger partial charge in [-0.15, -0.1) is 0 Å². The molecule has 0 fully saturated rings. The average molecular weight is 808 g/mol. The third-order valence-corrected chi connectivity index (χ3v) is 11.0. The smallest absolute Gasteiger partial charge is 0 e. The van der Waals surface area contributed by atoms with Gasteiger partial charge in [0.25, 0.3) is 0 Å². The maximum absolute atomic E-state index is 2.23. The van der Waals surface area contributed by atoms with Crippen molar-refractivity contribution in [2.24, 2.45) is 0 Å². The van der Waals surface area contributed by atoms with Gasteiger partial charge in [0.05, 0.1) is 0 Å². The molecule has 0 saturated heterocycles. The van der Waals surface area contributed by atoms with Crippen LogP contribution in [0.3, 0.4) is 0 Å². The van der Waals surface area contributed by atoms with Gasteiger partial charge in [0.2, 0.25) is 0 Å². The molecular formula is C36H30Cl2P2Pd2-2. The molecule has 0 aromatic heterocycles. The van der Waals surface area contributed by atoms with Crippen LogP contribution in [0.5, 0.6) is 0 Å². The molecule has 0 heterocycles. The van der Waals surface area contributed by atoms with Crippen LogP contribution in [0, 0.1) is 0 Å². The van der Waals surface area contributed by atoms with Gasteiger partial charge in [-0.2, -0.15) is 0 Å². The molecule has 0 nitrogen and oxygen atoms in total. The standard InChI is InChI=1S/2C18H15P.2ClH.2Pd/c2*1-4-10-16(11-5-1)19(17-12-6-2-7-13-17)18-14-8-3-9-15-18;;;;/h2*1-15H;2*1H;;/p-2. The molecule has 6 aromatic carbocycles. The summed E-state index contributed by atoms with van der Waals surface area (Å²) >= 11 is 0. The van der Waals surface area contributed by atoms with Crippen LogP contribution in [0.4, 0.5) is 0 Å². The Bertz CT molecular complexity index is 1190. The second-order valence-corrected chi connectivity index (χ2v) is 13.1. The van der Waals surface area contributed by atoms with Gasteiger partial charge in [-0.25, -0.2) is 0 Å². The van der Waals surface area contributed by atoms with Gasteiger partial charge in [0.1, 0.15) is 0 Å². The van der Waals surface area contributed by atoms with E-state index in [-0.39, 0.29) is 65.7 Å². The summed E-state index contributed by atoms with van der Waals surface area (Å²) in [5, 5.41) is 8.39. The third-order valence-electron chi connectivity index (χ3n) is 6.09. The molecule has 0 radical (unpaired) electrons. The van der Waals surface area contributed by atoms with Gasteiger partial charge in [-0.05, 0) is 47.7 Å². The number of benzene rings is 6. The maximum Gasteiger partial charge on any atom is 0 e. The first-order valence-corrected chi connectivity index (χ1v) is 15.5. The van der Waals surface area contributed by atoms with E-state index in [0.717, 1.165) is 0 Å². The molecule has 0 amide bonds. The Labute approximate surface area is 293 Å². The molecular weight excluding hydrogens is 778 g/mol. The number of halogens is 2. The third kappa shape index (κ3) is 10.7. The van der Waals surface area contributed by atoms with Crippen molar-refractivity contribution in [3.05, 3.63) is 182 Å². The Morgan fingerprint density at radius 3 is 0.452 bits per heavy atom. The van der Waals surface area contributed by atoms with E-state index in [1.165, 1.54) is 31.8 Å². The van der Waals surface area contributed by atoms with Crippen LogP contribution >= 0.6 is 15.8 Å². The fourth-order valence-electron chi connectivity index (χ4n) is 4.36. The van der Waals surface area contributed by atoms with Crippen LogP contribution in [-0.2, 0) is 40.8 Å². The fraction of sp³-hybridized carbons (Fsp3) is 0. The van der Waals surface area contributed by atoms with E-state index in [4.69, 9.17) is 0 Å². The summed E-state index contributed by atoms with van der Waals surface area (Å²) in [6, 6.07) is 64.7. The average Bonchev–Trinajstić information content (AvgIpc) is 3.01. The molecule has 0 saturated carbocycles. The minimum Gasteiger partial charge on any atom is -1.00 e. The molecule has 0 aliphatic rings. The summed E-state index contributed by atoms with van der Waals surface area (Å²) in [4.78, 5) is 0. The van der Waals surface area contributed by atoms with E-state index < -0.39 is 15.8 Å². The van der Waals surface area contributed by atoms with E-state index >= 15 is 0 Å². The van der Waals surface area contributed by atoms with Crippen molar-refractivity contribution >= 4 is 47.7 Å². The molecule has 42 heavy (non-hydrogen) atoms. The van der Waals surface area contributed by atoms with E-state index in [0.29, 0.717) is 0 Å². The molecule has 0 atom stereocenters. The first-order chi connectivity index (χ1) is 18.9. The Morgan fingerprint density at radius 2 is 0.333 bits per heavy atom. The van der Waals surface area contributed by atoms with Crippen molar-refractivity contribution in [3.8, 4) is 0 Å². The number of hydrogen-bond donors (Lipinski definition) is 0. The van der Waals surface area contributed by atoms with Crippen LogP contribution in [0.2, 0.25) is 0 Å². The summed E-state index contributed by atoms with van der Waals surface area (Å²) < 4.78 is 0. The second kappa shape index (κ2) is 20.9. The summed E-state index contributed by atoms with van der Waals surface area (Å²) in [5.41, 5.74) is 0. The van der Waals surface area contributed by atoms with Crippen LogP contribution < -0.4 is 56.6 Å². The molecule has 0 aliphatic heterocycles. The molecule has 0 spiro atoms. The molecule has 6 heteroatoms. The predicted octanol–water partition coefficient (Wildman–Crippen LogP) is 0.893. The van der Waals surface area contributed by atoms with Gasteiger partial charge < -0.3 is 24.8 Å². The zero-order chi connectivity index (χ0) is 25.8. The van der Waals surface area contributed by atoms with Crippen molar-refractivity contribution in [1.82, 2.24) is 0 Å². The quantitative estimate of drug-likeness (QED) is 0.174. The Kier molecular flexibility index (Phi) is 19.0. The molecule has 0 unspecified atom stereocenters. The maximum atomic E-state index is 2.23. The van der Waals surface area contributed by atoms with Gasteiger partial charge >= 0.3 is 0 Å². The minimum atomic E-state index is -0.446. The van der Waals surface area contributed by atoms with Crippen LogP contribution in [0.1, 0.15) is 0 Å². The normalized spacial score (nSPS) is 9.57. The Balaban J connectivity index is 0.000000383. The molecule has 0 bridgehead atoms.